The summed E-state index contributed by atoms with van der Waals surface area (Å²) in [5.74, 6) is -1.48. The van der Waals surface area contributed by atoms with Gasteiger partial charge in [0.2, 0.25) is 0 Å². The number of anilines is 1. The molecule has 0 radical (unpaired) electrons. The third-order valence-corrected chi connectivity index (χ3v) is 4.96. The summed E-state index contributed by atoms with van der Waals surface area (Å²) in [7, 11) is 1.85. The number of para-hydroxylation sites is 1. The third kappa shape index (κ3) is 3.58. The van der Waals surface area contributed by atoms with E-state index in [4.69, 9.17) is 0 Å². The van der Waals surface area contributed by atoms with E-state index in [2.05, 4.69) is 17.0 Å². The molecule has 2 aliphatic rings. The summed E-state index contributed by atoms with van der Waals surface area (Å²) in [5, 5.41) is 0. The molecular formula is C19H26N4O3. The first-order chi connectivity index (χ1) is 12.5. The van der Waals surface area contributed by atoms with Gasteiger partial charge >= 0.3 is 17.8 Å². The lowest BCUT2D eigenvalue weighted by Gasteiger charge is -2.32. The summed E-state index contributed by atoms with van der Waals surface area (Å²) in [5.41, 5.74) is 2.37. The van der Waals surface area contributed by atoms with E-state index in [-0.39, 0.29) is 13.2 Å². The Morgan fingerprint density at radius 2 is 1.62 bits per heavy atom. The fourth-order valence-electron chi connectivity index (χ4n) is 3.62. The van der Waals surface area contributed by atoms with Gasteiger partial charge in [-0.3, -0.25) is 19.4 Å². The minimum atomic E-state index is -0.743. The second-order valence-corrected chi connectivity index (χ2v) is 6.90. The van der Waals surface area contributed by atoms with E-state index in [0.717, 1.165) is 28.5 Å². The average molecular weight is 358 g/mol. The predicted molar refractivity (Wildman–Crippen MR) is 98.5 cm³/mol. The average Bonchev–Trinajstić information content (AvgIpc) is 2.86. The molecule has 0 spiro atoms. The van der Waals surface area contributed by atoms with E-state index < -0.39 is 17.8 Å². The molecule has 1 aromatic rings. The minimum absolute atomic E-state index is 0.105. The van der Waals surface area contributed by atoms with Crippen molar-refractivity contribution in [2.24, 2.45) is 0 Å². The lowest BCUT2D eigenvalue weighted by atomic mass is 10.1. The number of nitrogens with zero attached hydrogens (tertiary/aromatic N) is 4. The first kappa shape index (κ1) is 18.4. The number of imide groups is 2. The number of hydrogen-bond donors (Lipinski definition) is 0. The molecule has 0 saturated carbocycles. The number of hydrogen-bond acceptors (Lipinski definition) is 5. The highest BCUT2D eigenvalue weighted by Crippen LogP contribution is 2.25. The Balaban J connectivity index is 1.69. The molecule has 7 heteroatoms. The Morgan fingerprint density at radius 1 is 0.962 bits per heavy atom. The molecule has 0 bridgehead atoms. The van der Waals surface area contributed by atoms with Crippen LogP contribution >= 0.6 is 0 Å². The second kappa shape index (κ2) is 7.86. The summed E-state index contributed by atoms with van der Waals surface area (Å²) < 4.78 is 0. The SMILES string of the molecule is CCN1C(=O)C(=O)N(CN(C)Cc2ccccc2N2CCCCC2)C1=O. The molecule has 0 aromatic heterocycles. The molecule has 0 unspecified atom stereocenters. The zero-order valence-electron chi connectivity index (χ0n) is 15.5. The summed E-state index contributed by atoms with van der Waals surface area (Å²) >= 11 is 0. The number of carbonyl (C=O) groups is 3. The number of benzene rings is 1. The molecule has 0 aliphatic carbocycles. The summed E-state index contributed by atoms with van der Waals surface area (Å²) in [6, 6.07) is 7.73. The molecule has 4 amide bonds. The van der Waals surface area contributed by atoms with Gasteiger partial charge in [-0.05, 0) is 44.9 Å². The lowest BCUT2D eigenvalue weighted by molar-refractivity contribution is -0.143. The maximum absolute atomic E-state index is 12.2. The quantitative estimate of drug-likeness (QED) is 0.574. The van der Waals surface area contributed by atoms with Crippen LogP contribution in [0.4, 0.5) is 10.5 Å². The highest BCUT2D eigenvalue weighted by atomic mass is 16.2. The number of amides is 4. The third-order valence-electron chi connectivity index (χ3n) is 4.96. The van der Waals surface area contributed by atoms with E-state index in [1.54, 1.807) is 6.92 Å². The van der Waals surface area contributed by atoms with Gasteiger partial charge in [0.15, 0.2) is 0 Å². The Kier molecular flexibility index (Phi) is 5.56. The summed E-state index contributed by atoms with van der Waals surface area (Å²) in [6.45, 7) is 4.72. The van der Waals surface area contributed by atoms with Crippen LogP contribution in [0.15, 0.2) is 24.3 Å². The molecule has 2 saturated heterocycles. The van der Waals surface area contributed by atoms with Crippen LogP contribution in [0.25, 0.3) is 0 Å². The molecule has 1 aromatic carbocycles. The number of carbonyl (C=O) groups excluding carboxylic acids is 3. The zero-order valence-corrected chi connectivity index (χ0v) is 15.5. The van der Waals surface area contributed by atoms with Gasteiger partial charge in [-0.25, -0.2) is 9.69 Å². The van der Waals surface area contributed by atoms with Crippen molar-refractivity contribution in [2.75, 3.05) is 38.3 Å². The topological polar surface area (TPSA) is 64.2 Å². The lowest BCUT2D eigenvalue weighted by Crippen LogP contribution is -2.40. The van der Waals surface area contributed by atoms with Gasteiger partial charge < -0.3 is 4.90 Å². The highest BCUT2D eigenvalue weighted by molar-refractivity contribution is 6.44. The molecule has 140 valence electrons. The monoisotopic (exact) mass is 358 g/mol. The number of rotatable bonds is 6. The molecule has 2 fully saturated rings. The summed E-state index contributed by atoms with van der Waals surface area (Å²) in [4.78, 5) is 42.5. The van der Waals surface area contributed by atoms with E-state index in [0.29, 0.717) is 6.54 Å². The first-order valence-corrected chi connectivity index (χ1v) is 9.21. The van der Waals surface area contributed by atoms with Gasteiger partial charge in [0, 0.05) is 31.9 Å². The van der Waals surface area contributed by atoms with Crippen molar-refractivity contribution in [3.8, 4) is 0 Å². The van der Waals surface area contributed by atoms with Crippen LogP contribution in [-0.4, -0.2) is 65.9 Å². The van der Waals surface area contributed by atoms with Crippen LogP contribution in [0.2, 0.25) is 0 Å². The van der Waals surface area contributed by atoms with E-state index in [1.807, 2.05) is 24.1 Å². The van der Waals surface area contributed by atoms with Crippen LogP contribution in [0.5, 0.6) is 0 Å². The highest BCUT2D eigenvalue weighted by Gasteiger charge is 2.43. The molecule has 2 aliphatic heterocycles. The molecule has 3 rings (SSSR count). The molecule has 2 heterocycles. The maximum atomic E-state index is 12.2. The smallest absolute Gasteiger partial charge is 0.335 e. The Hall–Kier alpha value is -2.41. The van der Waals surface area contributed by atoms with Crippen molar-refractivity contribution in [1.29, 1.82) is 0 Å². The largest absolute Gasteiger partial charge is 0.371 e. The van der Waals surface area contributed by atoms with Crippen molar-refractivity contribution >= 4 is 23.5 Å². The number of likely N-dealkylation sites (N-methyl/N-ethyl adjacent to an activating group) is 1. The van der Waals surface area contributed by atoms with Crippen LogP contribution in [0.3, 0.4) is 0 Å². The minimum Gasteiger partial charge on any atom is -0.371 e. The van der Waals surface area contributed by atoms with E-state index >= 15 is 0 Å². The summed E-state index contributed by atoms with van der Waals surface area (Å²) in [6.07, 6.45) is 3.69. The van der Waals surface area contributed by atoms with Gasteiger partial charge in [0.1, 0.15) is 0 Å². The number of urea groups is 1. The van der Waals surface area contributed by atoms with Gasteiger partial charge in [0.05, 0.1) is 6.67 Å². The number of piperidine rings is 1. The van der Waals surface area contributed by atoms with Gasteiger partial charge in [-0.15, -0.1) is 0 Å². The predicted octanol–water partition coefficient (Wildman–Crippen LogP) is 1.88. The Labute approximate surface area is 154 Å². The van der Waals surface area contributed by atoms with Crippen molar-refractivity contribution in [2.45, 2.75) is 32.7 Å². The molecule has 7 nitrogen and oxygen atoms in total. The van der Waals surface area contributed by atoms with E-state index in [1.165, 1.54) is 24.9 Å². The standard InChI is InChI=1S/C19H26N4O3/c1-3-22-17(24)18(25)23(19(22)26)14-20(2)13-15-9-5-6-10-16(15)21-11-7-4-8-12-21/h5-6,9-10H,3-4,7-8,11-14H2,1-2H3. The van der Waals surface area contributed by atoms with Gasteiger partial charge in [0.25, 0.3) is 0 Å². The van der Waals surface area contributed by atoms with Crippen molar-refractivity contribution in [1.82, 2.24) is 14.7 Å². The Bertz CT molecular complexity index is 700. The second-order valence-electron chi connectivity index (χ2n) is 6.90. The van der Waals surface area contributed by atoms with Crippen molar-refractivity contribution in [3.63, 3.8) is 0 Å². The van der Waals surface area contributed by atoms with Crippen LogP contribution in [0.1, 0.15) is 31.7 Å². The molecule has 0 atom stereocenters. The van der Waals surface area contributed by atoms with Crippen LogP contribution in [0, 0.1) is 0 Å². The van der Waals surface area contributed by atoms with E-state index in [9.17, 15) is 14.4 Å². The molecule has 0 N–H and O–H groups in total. The molecular weight excluding hydrogens is 332 g/mol. The normalized spacial score (nSPS) is 18.4. The van der Waals surface area contributed by atoms with Crippen LogP contribution in [-0.2, 0) is 16.1 Å². The first-order valence-electron chi connectivity index (χ1n) is 9.21. The van der Waals surface area contributed by atoms with Gasteiger partial charge in [-0.2, -0.15) is 0 Å². The maximum Gasteiger partial charge on any atom is 0.335 e. The zero-order chi connectivity index (χ0) is 18.7. The van der Waals surface area contributed by atoms with Crippen molar-refractivity contribution in [3.05, 3.63) is 29.8 Å². The van der Waals surface area contributed by atoms with Gasteiger partial charge in [-0.1, -0.05) is 18.2 Å². The fraction of sp³-hybridized carbons (Fsp3) is 0.526. The van der Waals surface area contributed by atoms with Crippen LogP contribution < -0.4 is 4.90 Å². The van der Waals surface area contributed by atoms with Crippen molar-refractivity contribution < 1.29 is 14.4 Å². The molecule has 26 heavy (non-hydrogen) atoms. The fourth-order valence-corrected chi connectivity index (χ4v) is 3.62. The Morgan fingerprint density at radius 3 is 2.27 bits per heavy atom.